The van der Waals surface area contributed by atoms with Gasteiger partial charge in [0, 0.05) is 10.8 Å². The van der Waals surface area contributed by atoms with Crippen molar-refractivity contribution in [3.63, 3.8) is 0 Å². The summed E-state index contributed by atoms with van der Waals surface area (Å²) < 4.78 is 2.53. The van der Waals surface area contributed by atoms with E-state index in [4.69, 9.17) is 5.73 Å². The van der Waals surface area contributed by atoms with Crippen molar-refractivity contribution in [2.24, 2.45) is 5.73 Å². The van der Waals surface area contributed by atoms with E-state index in [1.165, 1.54) is 4.70 Å². The fourth-order valence-corrected chi connectivity index (χ4v) is 4.72. The molecule has 0 saturated heterocycles. The molecule has 0 radical (unpaired) electrons. The van der Waals surface area contributed by atoms with E-state index in [1.807, 2.05) is 17.8 Å². The highest BCUT2D eigenvalue weighted by Gasteiger charge is 2.22. The highest BCUT2D eigenvalue weighted by Crippen LogP contribution is 2.39. The maximum absolute atomic E-state index is 5.88. The Kier molecular flexibility index (Phi) is 3.76. The number of nitrogens with zero attached hydrogens (tertiary/aromatic N) is 1. The van der Waals surface area contributed by atoms with E-state index in [2.05, 4.69) is 44.0 Å². The topological polar surface area (TPSA) is 38.9 Å². The molecule has 1 unspecified atom stereocenters. The summed E-state index contributed by atoms with van der Waals surface area (Å²) in [5.41, 5.74) is 6.97. The van der Waals surface area contributed by atoms with Crippen LogP contribution in [0.4, 0.5) is 0 Å². The largest absolute Gasteiger partial charge is 0.328 e. The Morgan fingerprint density at radius 3 is 2.76 bits per heavy atom. The molecule has 92 valence electrons. The number of hydrogen-bond acceptors (Lipinski definition) is 4. The predicted octanol–water partition coefficient (Wildman–Crippen LogP) is 3.90. The van der Waals surface area contributed by atoms with Crippen LogP contribution in [0.1, 0.15) is 27.2 Å². The average molecular weight is 266 g/mol. The van der Waals surface area contributed by atoms with Crippen LogP contribution in [-0.4, -0.2) is 15.8 Å². The standard InChI is InChI=1S/C13H18N2S2/c1-9(14)8-13(2,3)17-12-15-10-6-4-5-7-11(10)16-12/h4-7,9H,8,14H2,1-3H3. The Balaban J connectivity index is 2.18. The molecule has 0 aliphatic carbocycles. The van der Waals surface area contributed by atoms with Crippen molar-refractivity contribution in [2.45, 2.75) is 42.3 Å². The van der Waals surface area contributed by atoms with Gasteiger partial charge in [0.15, 0.2) is 4.34 Å². The predicted molar refractivity (Wildman–Crippen MR) is 77.8 cm³/mol. The summed E-state index contributed by atoms with van der Waals surface area (Å²) in [5, 5.41) is 0. The lowest BCUT2D eigenvalue weighted by Crippen LogP contribution is -2.27. The lowest BCUT2D eigenvalue weighted by Gasteiger charge is -2.24. The molecule has 0 aliphatic rings. The number of nitrogens with two attached hydrogens (primary N) is 1. The van der Waals surface area contributed by atoms with Crippen LogP contribution >= 0.6 is 23.1 Å². The van der Waals surface area contributed by atoms with Gasteiger partial charge in [-0.1, -0.05) is 37.7 Å². The third-order valence-corrected chi connectivity index (χ3v) is 4.77. The Morgan fingerprint density at radius 1 is 1.41 bits per heavy atom. The van der Waals surface area contributed by atoms with E-state index >= 15 is 0 Å². The van der Waals surface area contributed by atoms with Crippen molar-refractivity contribution in [1.29, 1.82) is 0 Å². The smallest absolute Gasteiger partial charge is 0.151 e. The molecule has 0 aliphatic heterocycles. The molecule has 2 N–H and O–H groups in total. The fraction of sp³-hybridized carbons (Fsp3) is 0.462. The van der Waals surface area contributed by atoms with Crippen LogP contribution in [0.5, 0.6) is 0 Å². The third-order valence-electron chi connectivity index (χ3n) is 2.45. The van der Waals surface area contributed by atoms with Crippen molar-refractivity contribution < 1.29 is 0 Å². The van der Waals surface area contributed by atoms with Gasteiger partial charge in [0.05, 0.1) is 10.2 Å². The van der Waals surface area contributed by atoms with E-state index in [9.17, 15) is 0 Å². The highest BCUT2D eigenvalue weighted by atomic mass is 32.2. The zero-order valence-electron chi connectivity index (χ0n) is 10.4. The molecule has 0 saturated carbocycles. The summed E-state index contributed by atoms with van der Waals surface area (Å²) in [4.78, 5) is 4.65. The molecular formula is C13H18N2S2. The molecule has 1 aromatic carbocycles. The van der Waals surface area contributed by atoms with Gasteiger partial charge in [-0.15, -0.1) is 11.3 Å². The number of benzene rings is 1. The first kappa shape index (κ1) is 12.9. The molecule has 1 atom stereocenters. The maximum atomic E-state index is 5.88. The number of aromatic nitrogens is 1. The molecule has 0 spiro atoms. The zero-order chi connectivity index (χ0) is 12.5. The van der Waals surface area contributed by atoms with E-state index in [0.29, 0.717) is 0 Å². The van der Waals surface area contributed by atoms with Gasteiger partial charge in [0.1, 0.15) is 0 Å². The number of rotatable bonds is 4. The van der Waals surface area contributed by atoms with Gasteiger partial charge in [-0.25, -0.2) is 4.98 Å². The van der Waals surface area contributed by atoms with Crippen LogP contribution in [0.3, 0.4) is 0 Å². The summed E-state index contributed by atoms with van der Waals surface area (Å²) in [5.74, 6) is 0. The molecule has 4 heteroatoms. The SMILES string of the molecule is CC(N)CC(C)(C)Sc1nc2ccccc2s1. The first-order valence-electron chi connectivity index (χ1n) is 5.76. The van der Waals surface area contributed by atoms with E-state index in [-0.39, 0.29) is 10.8 Å². The lowest BCUT2D eigenvalue weighted by molar-refractivity contribution is 0.559. The van der Waals surface area contributed by atoms with Gasteiger partial charge in [-0.05, 0) is 25.5 Å². The summed E-state index contributed by atoms with van der Waals surface area (Å²) in [6, 6.07) is 8.50. The molecule has 0 fully saturated rings. The van der Waals surface area contributed by atoms with Gasteiger partial charge in [-0.2, -0.15) is 0 Å². The van der Waals surface area contributed by atoms with Crippen LogP contribution < -0.4 is 5.73 Å². The third kappa shape index (κ3) is 3.44. The van der Waals surface area contributed by atoms with Gasteiger partial charge >= 0.3 is 0 Å². The van der Waals surface area contributed by atoms with Gasteiger partial charge in [0.25, 0.3) is 0 Å². The molecule has 1 aromatic heterocycles. The zero-order valence-corrected chi connectivity index (χ0v) is 12.1. The van der Waals surface area contributed by atoms with Gasteiger partial charge in [0.2, 0.25) is 0 Å². The summed E-state index contributed by atoms with van der Waals surface area (Å²) >= 11 is 3.59. The Hall–Kier alpha value is -0.580. The van der Waals surface area contributed by atoms with Crippen LogP contribution in [0.25, 0.3) is 10.2 Å². The van der Waals surface area contributed by atoms with Crippen molar-refractivity contribution in [1.82, 2.24) is 4.98 Å². The summed E-state index contributed by atoms with van der Waals surface area (Å²) in [6.45, 7) is 6.51. The molecular weight excluding hydrogens is 248 g/mol. The first-order chi connectivity index (χ1) is 7.96. The van der Waals surface area contributed by atoms with Crippen LogP contribution in [0.2, 0.25) is 0 Å². The second-order valence-electron chi connectivity index (χ2n) is 4.99. The Bertz CT molecular complexity index is 470. The second kappa shape index (κ2) is 4.96. The number of thiazole rings is 1. The molecule has 17 heavy (non-hydrogen) atoms. The normalized spacial score (nSPS) is 14.1. The van der Waals surface area contributed by atoms with Crippen molar-refractivity contribution >= 4 is 33.3 Å². The van der Waals surface area contributed by atoms with Crippen LogP contribution in [0.15, 0.2) is 28.6 Å². The van der Waals surface area contributed by atoms with Crippen molar-refractivity contribution in [3.8, 4) is 0 Å². The van der Waals surface area contributed by atoms with Crippen molar-refractivity contribution in [2.75, 3.05) is 0 Å². The van der Waals surface area contributed by atoms with E-state index < -0.39 is 0 Å². The minimum atomic E-state index is 0.141. The highest BCUT2D eigenvalue weighted by molar-refractivity contribution is 8.02. The van der Waals surface area contributed by atoms with Crippen molar-refractivity contribution in [3.05, 3.63) is 24.3 Å². The molecule has 0 bridgehead atoms. The quantitative estimate of drug-likeness (QED) is 0.853. The van der Waals surface area contributed by atoms with Gasteiger partial charge < -0.3 is 5.73 Å². The second-order valence-corrected chi connectivity index (χ2v) is 7.98. The van der Waals surface area contributed by atoms with E-state index in [0.717, 1.165) is 16.3 Å². The number of hydrogen-bond donors (Lipinski definition) is 1. The average Bonchev–Trinajstić information content (AvgIpc) is 2.55. The molecule has 0 amide bonds. The monoisotopic (exact) mass is 266 g/mol. The lowest BCUT2D eigenvalue weighted by atomic mass is 10.1. The molecule has 1 heterocycles. The minimum Gasteiger partial charge on any atom is -0.328 e. The summed E-state index contributed by atoms with van der Waals surface area (Å²) in [7, 11) is 0. The first-order valence-corrected chi connectivity index (χ1v) is 7.40. The van der Waals surface area contributed by atoms with E-state index in [1.54, 1.807) is 11.3 Å². The molecule has 2 aromatic rings. The Morgan fingerprint density at radius 2 is 2.12 bits per heavy atom. The number of fused-ring (bicyclic) bond motifs is 1. The molecule has 2 nitrogen and oxygen atoms in total. The molecule has 2 rings (SSSR count). The minimum absolute atomic E-state index is 0.141. The maximum Gasteiger partial charge on any atom is 0.151 e. The Labute approximate surface area is 111 Å². The number of thioether (sulfide) groups is 1. The number of para-hydroxylation sites is 1. The fourth-order valence-electron chi connectivity index (χ4n) is 1.95. The van der Waals surface area contributed by atoms with Gasteiger partial charge in [-0.3, -0.25) is 0 Å². The summed E-state index contributed by atoms with van der Waals surface area (Å²) in [6.07, 6.45) is 0.994. The van der Waals surface area contributed by atoms with Crippen LogP contribution in [0, 0.1) is 0 Å². The van der Waals surface area contributed by atoms with Crippen LogP contribution in [-0.2, 0) is 0 Å².